The minimum atomic E-state index is -0.896. The van der Waals surface area contributed by atoms with E-state index in [-0.39, 0.29) is 12.5 Å². The van der Waals surface area contributed by atoms with Crippen molar-refractivity contribution in [1.29, 1.82) is 0 Å². The Bertz CT molecular complexity index is 654. The van der Waals surface area contributed by atoms with Gasteiger partial charge < -0.3 is 15.2 Å². The van der Waals surface area contributed by atoms with E-state index in [2.05, 4.69) is 10.4 Å². The van der Waals surface area contributed by atoms with Crippen molar-refractivity contribution in [3.8, 4) is 5.75 Å². The first-order chi connectivity index (χ1) is 10.3. The molecule has 22 heavy (non-hydrogen) atoms. The van der Waals surface area contributed by atoms with Crippen LogP contribution in [0.5, 0.6) is 5.75 Å². The Hall–Kier alpha value is -2.34. The van der Waals surface area contributed by atoms with E-state index < -0.39 is 5.60 Å². The third-order valence-electron chi connectivity index (χ3n) is 3.20. The van der Waals surface area contributed by atoms with Gasteiger partial charge in [0.15, 0.2) is 6.61 Å². The van der Waals surface area contributed by atoms with Crippen molar-refractivity contribution in [2.75, 3.05) is 11.9 Å². The number of ether oxygens (including phenoxy) is 1. The Morgan fingerprint density at radius 1 is 1.36 bits per heavy atom. The molecular weight excluding hydrogens is 282 g/mol. The summed E-state index contributed by atoms with van der Waals surface area (Å²) in [6.45, 7) is 5.20. The van der Waals surface area contributed by atoms with Crippen molar-refractivity contribution in [3.05, 3.63) is 41.6 Å². The molecule has 2 aromatic rings. The molecule has 0 saturated carbocycles. The number of aliphatic hydroxyl groups is 1. The van der Waals surface area contributed by atoms with Crippen LogP contribution in [0.1, 0.15) is 25.1 Å². The van der Waals surface area contributed by atoms with Gasteiger partial charge in [0, 0.05) is 13.1 Å². The lowest BCUT2D eigenvalue weighted by atomic mass is 9.99. The highest BCUT2D eigenvalue weighted by Gasteiger charge is 2.15. The Kier molecular flexibility index (Phi) is 4.51. The van der Waals surface area contributed by atoms with Gasteiger partial charge in [0.1, 0.15) is 11.6 Å². The van der Waals surface area contributed by atoms with Crippen LogP contribution < -0.4 is 10.1 Å². The molecule has 1 amide bonds. The molecule has 118 valence electrons. The number of amides is 1. The third-order valence-corrected chi connectivity index (χ3v) is 3.20. The number of carbonyl (C=O) groups is 1. The number of hydrogen-bond acceptors (Lipinski definition) is 4. The first kappa shape index (κ1) is 16.0. The summed E-state index contributed by atoms with van der Waals surface area (Å²) in [5.41, 5.74) is 0.725. The molecular formula is C16H21N3O3. The van der Waals surface area contributed by atoms with Gasteiger partial charge in [-0.3, -0.25) is 9.48 Å². The lowest BCUT2D eigenvalue weighted by Gasteiger charge is -2.17. The van der Waals surface area contributed by atoms with Crippen molar-refractivity contribution >= 4 is 11.7 Å². The van der Waals surface area contributed by atoms with Gasteiger partial charge in [-0.15, -0.1) is 0 Å². The average Bonchev–Trinajstić information content (AvgIpc) is 2.74. The molecule has 0 atom stereocenters. The maximum Gasteiger partial charge on any atom is 0.263 e. The maximum atomic E-state index is 11.9. The number of aromatic nitrogens is 2. The number of benzene rings is 1. The van der Waals surface area contributed by atoms with Gasteiger partial charge in [-0.1, -0.05) is 12.1 Å². The third kappa shape index (κ3) is 4.08. The summed E-state index contributed by atoms with van der Waals surface area (Å²) in [4.78, 5) is 11.9. The number of rotatable bonds is 5. The molecule has 2 rings (SSSR count). The number of hydrogen-bond donors (Lipinski definition) is 2. The summed E-state index contributed by atoms with van der Waals surface area (Å²) in [7, 11) is 1.76. The number of anilines is 1. The van der Waals surface area contributed by atoms with Crippen LogP contribution in [-0.4, -0.2) is 27.4 Å². The standard InChI is InChI=1S/C16H21N3O3/c1-11-9-14(19(4)18-11)17-15(20)10-22-13-7-5-12(6-8-13)16(2,3)21/h5-9,21H,10H2,1-4H3,(H,17,20). The predicted octanol–water partition coefficient (Wildman–Crippen LogP) is 1.97. The van der Waals surface area contributed by atoms with Crippen molar-refractivity contribution < 1.29 is 14.6 Å². The molecule has 2 N–H and O–H groups in total. The van der Waals surface area contributed by atoms with Crippen LogP contribution in [0.15, 0.2) is 30.3 Å². The van der Waals surface area contributed by atoms with Crippen LogP contribution in [0.25, 0.3) is 0 Å². The van der Waals surface area contributed by atoms with E-state index >= 15 is 0 Å². The van der Waals surface area contributed by atoms with E-state index in [0.29, 0.717) is 11.6 Å². The van der Waals surface area contributed by atoms with Crippen molar-refractivity contribution in [2.24, 2.45) is 7.05 Å². The molecule has 1 heterocycles. The molecule has 0 unspecified atom stereocenters. The summed E-state index contributed by atoms with van der Waals surface area (Å²) < 4.78 is 7.03. The van der Waals surface area contributed by atoms with Gasteiger partial charge in [0.05, 0.1) is 11.3 Å². The molecule has 0 bridgehead atoms. The van der Waals surface area contributed by atoms with Gasteiger partial charge in [-0.2, -0.15) is 5.10 Å². The zero-order valence-electron chi connectivity index (χ0n) is 13.3. The summed E-state index contributed by atoms with van der Waals surface area (Å²) in [6.07, 6.45) is 0. The topological polar surface area (TPSA) is 76.4 Å². The molecule has 0 fully saturated rings. The molecule has 6 nitrogen and oxygen atoms in total. The summed E-state index contributed by atoms with van der Waals surface area (Å²) in [5.74, 6) is 0.947. The maximum absolute atomic E-state index is 11.9. The smallest absolute Gasteiger partial charge is 0.263 e. The van der Waals surface area contributed by atoms with E-state index in [9.17, 15) is 9.90 Å². The van der Waals surface area contributed by atoms with Gasteiger partial charge >= 0.3 is 0 Å². The molecule has 0 aliphatic rings. The highest BCUT2D eigenvalue weighted by atomic mass is 16.5. The zero-order valence-corrected chi connectivity index (χ0v) is 13.3. The highest BCUT2D eigenvalue weighted by molar-refractivity contribution is 5.91. The van der Waals surface area contributed by atoms with Crippen LogP contribution in [0.4, 0.5) is 5.82 Å². The Balaban J connectivity index is 1.90. The predicted molar refractivity (Wildman–Crippen MR) is 83.8 cm³/mol. The summed E-state index contributed by atoms with van der Waals surface area (Å²) >= 11 is 0. The van der Waals surface area contributed by atoms with Crippen LogP contribution >= 0.6 is 0 Å². The van der Waals surface area contributed by atoms with Gasteiger partial charge in [-0.25, -0.2) is 0 Å². The number of nitrogens with zero attached hydrogens (tertiary/aromatic N) is 2. The molecule has 0 saturated heterocycles. The molecule has 0 radical (unpaired) electrons. The van der Waals surface area contributed by atoms with Crippen molar-refractivity contribution in [1.82, 2.24) is 9.78 Å². The molecule has 1 aromatic heterocycles. The Morgan fingerprint density at radius 3 is 2.50 bits per heavy atom. The van der Waals surface area contributed by atoms with Crippen LogP contribution in [0, 0.1) is 6.92 Å². The lowest BCUT2D eigenvalue weighted by Crippen LogP contribution is -2.21. The van der Waals surface area contributed by atoms with E-state index in [1.165, 1.54) is 0 Å². The minimum Gasteiger partial charge on any atom is -0.484 e. The Labute approximate surface area is 129 Å². The van der Waals surface area contributed by atoms with Crippen molar-refractivity contribution in [3.63, 3.8) is 0 Å². The molecule has 0 aliphatic heterocycles. The van der Waals surface area contributed by atoms with E-state index in [1.54, 1.807) is 55.9 Å². The molecule has 0 spiro atoms. The van der Waals surface area contributed by atoms with E-state index in [1.807, 2.05) is 6.92 Å². The van der Waals surface area contributed by atoms with E-state index in [4.69, 9.17) is 4.74 Å². The molecule has 0 aliphatic carbocycles. The van der Waals surface area contributed by atoms with Gasteiger partial charge in [0.25, 0.3) is 5.91 Å². The first-order valence-electron chi connectivity index (χ1n) is 7.02. The number of nitrogens with one attached hydrogen (secondary N) is 1. The second-order valence-corrected chi connectivity index (χ2v) is 5.71. The quantitative estimate of drug-likeness (QED) is 0.885. The number of carbonyl (C=O) groups excluding carboxylic acids is 1. The second-order valence-electron chi connectivity index (χ2n) is 5.71. The number of aryl methyl sites for hydroxylation is 2. The fourth-order valence-corrected chi connectivity index (χ4v) is 2.01. The largest absolute Gasteiger partial charge is 0.484 e. The summed E-state index contributed by atoms with van der Waals surface area (Å²) in [6, 6.07) is 8.80. The Morgan fingerprint density at radius 2 is 2.00 bits per heavy atom. The highest BCUT2D eigenvalue weighted by Crippen LogP contribution is 2.22. The monoisotopic (exact) mass is 303 g/mol. The fraction of sp³-hybridized carbons (Fsp3) is 0.375. The van der Waals surface area contributed by atoms with Crippen LogP contribution in [0.3, 0.4) is 0 Å². The fourth-order valence-electron chi connectivity index (χ4n) is 2.01. The van der Waals surface area contributed by atoms with Crippen molar-refractivity contribution in [2.45, 2.75) is 26.4 Å². The molecule has 1 aromatic carbocycles. The second kappa shape index (κ2) is 6.19. The normalized spacial score (nSPS) is 11.3. The lowest BCUT2D eigenvalue weighted by molar-refractivity contribution is -0.118. The minimum absolute atomic E-state index is 0.0912. The first-order valence-corrected chi connectivity index (χ1v) is 7.02. The van der Waals surface area contributed by atoms with Gasteiger partial charge in [-0.05, 0) is 38.5 Å². The van der Waals surface area contributed by atoms with E-state index in [0.717, 1.165) is 11.3 Å². The SMILES string of the molecule is Cc1cc(NC(=O)COc2ccc(C(C)(C)O)cc2)n(C)n1. The van der Waals surface area contributed by atoms with Crippen LogP contribution in [0.2, 0.25) is 0 Å². The van der Waals surface area contributed by atoms with Gasteiger partial charge in [0.2, 0.25) is 0 Å². The summed E-state index contributed by atoms with van der Waals surface area (Å²) in [5, 5.41) is 16.8. The van der Waals surface area contributed by atoms with Crippen LogP contribution in [-0.2, 0) is 17.4 Å². The zero-order chi connectivity index (χ0) is 16.3. The average molecular weight is 303 g/mol. The molecule has 6 heteroatoms.